The summed E-state index contributed by atoms with van der Waals surface area (Å²) in [6.07, 6.45) is 41.3. The number of hydrogen-bond donors (Lipinski definition) is 2. The summed E-state index contributed by atoms with van der Waals surface area (Å²) in [5.74, 6) is -0.128. The molecule has 0 rings (SSSR count). The van der Waals surface area contributed by atoms with Gasteiger partial charge in [0.1, 0.15) is 12.1 Å². The van der Waals surface area contributed by atoms with Crippen LogP contribution in [-0.4, -0.2) is 147 Å². The van der Waals surface area contributed by atoms with Crippen molar-refractivity contribution < 1.29 is 28.7 Å². The number of nitrogens with one attached hydrogen (secondary N) is 2. The van der Waals surface area contributed by atoms with E-state index in [1.807, 2.05) is 37.5 Å². The Morgan fingerprint density at radius 1 is 0.333 bits per heavy atom. The van der Waals surface area contributed by atoms with Crippen LogP contribution in [0.25, 0.3) is 0 Å². The Morgan fingerprint density at radius 2 is 0.590 bits per heavy atom. The zero-order valence-corrected chi connectivity index (χ0v) is 53.5. The van der Waals surface area contributed by atoms with Gasteiger partial charge in [-0.1, -0.05) is 249 Å². The van der Waals surface area contributed by atoms with E-state index in [9.17, 15) is 19.2 Å². The Kier molecular flexibility index (Phi) is 53.6. The van der Waals surface area contributed by atoms with Crippen molar-refractivity contribution in [3.8, 4) is 0 Å². The zero-order chi connectivity index (χ0) is 57.7. The number of unbranched alkanes of at least 4 members (excludes halogenated alkanes) is 28. The molecule has 0 aromatic heterocycles. The Bertz CT molecular complexity index is 1260. The molecule has 0 aromatic carbocycles. The second-order valence-corrected chi connectivity index (χ2v) is 23.5. The van der Waals surface area contributed by atoms with Gasteiger partial charge in [-0.3, -0.25) is 19.2 Å². The van der Waals surface area contributed by atoms with E-state index in [4.69, 9.17) is 9.47 Å². The van der Waals surface area contributed by atoms with E-state index >= 15 is 0 Å². The molecule has 78 heavy (non-hydrogen) atoms. The van der Waals surface area contributed by atoms with Crippen LogP contribution in [0.15, 0.2) is 0 Å². The summed E-state index contributed by atoms with van der Waals surface area (Å²) >= 11 is 0. The van der Waals surface area contributed by atoms with Crippen LogP contribution in [-0.2, 0) is 28.7 Å². The molecule has 12 nitrogen and oxygen atoms in total. The molecule has 462 valence electrons. The number of carbonyl (C=O) groups is 4. The third-order valence-electron chi connectivity index (χ3n) is 16.1. The molecule has 0 heterocycles. The molecule has 0 aromatic rings. The predicted molar refractivity (Wildman–Crippen MR) is 332 cm³/mol. The summed E-state index contributed by atoms with van der Waals surface area (Å²) in [7, 11) is 0. The van der Waals surface area contributed by atoms with E-state index in [1.54, 1.807) is 0 Å². The first kappa shape index (κ1) is 75.7. The largest absolute Gasteiger partial charge is 0.377 e. The molecule has 0 aliphatic heterocycles. The molecular weight excluding hydrogens is 973 g/mol. The summed E-state index contributed by atoms with van der Waals surface area (Å²) in [5.41, 5.74) is 0. The lowest BCUT2D eigenvalue weighted by Crippen LogP contribution is -2.53. The molecule has 2 unspecified atom stereocenters. The normalized spacial score (nSPS) is 12.5. The molecule has 2 atom stereocenters. The van der Waals surface area contributed by atoms with Crippen molar-refractivity contribution in [3.05, 3.63) is 0 Å². The fraction of sp³-hybridized carbons (Fsp3) is 0.939. The Labute approximate surface area is 483 Å². The maximum atomic E-state index is 13.9. The fourth-order valence-electron chi connectivity index (χ4n) is 11.1. The van der Waals surface area contributed by atoms with Crippen LogP contribution in [0.2, 0.25) is 0 Å². The van der Waals surface area contributed by atoms with Gasteiger partial charge in [-0.2, -0.15) is 0 Å². The number of nitrogens with zero attached hydrogens (tertiary/aromatic N) is 4. The topological polar surface area (TPSA) is 124 Å². The number of rotatable bonds is 59. The first-order chi connectivity index (χ1) is 37.9. The molecule has 0 spiro atoms. The minimum absolute atomic E-state index is 0.0288. The summed E-state index contributed by atoms with van der Waals surface area (Å²) in [6.45, 7) is 30.3. The smallest absolute Gasteiger partial charge is 0.243 e. The molecular formula is C66H132N6O6. The van der Waals surface area contributed by atoms with E-state index in [-0.39, 0.29) is 35.5 Å². The minimum Gasteiger partial charge on any atom is -0.377 e. The van der Waals surface area contributed by atoms with Gasteiger partial charge in [0.15, 0.2) is 0 Å². The van der Waals surface area contributed by atoms with Gasteiger partial charge in [-0.25, -0.2) is 0 Å². The minimum atomic E-state index is -0.532. The Balaban J connectivity index is 4.90. The van der Waals surface area contributed by atoms with Gasteiger partial charge in [0.05, 0.1) is 26.4 Å². The maximum Gasteiger partial charge on any atom is 0.243 e. The van der Waals surface area contributed by atoms with Crippen LogP contribution in [0, 0.1) is 11.8 Å². The van der Waals surface area contributed by atoms with Crippen molar-refractivity contribution in [1.82, 2.24) is 30.2 Å². The summed E-state index contributed by atoms with van der Waals surface area (Å²) < 4.78 is 11.7. The summed E-state index contributed by atoms with van der Waals surface area (Å²) in [5, 5.41) is 6.15. The van der Waals surface area contributed by atoms with Crippen LogP contribution >= 0.6 is 0 Å². The number of carbonyl (C=O) groups excluding carboxylic acids is 4. The fourth-order valence-corrected chi connectivity index (χ4v) is 11.1. The molecule has 0 saturated carbocycles. The Morgan fingerprint density at radius 3 is 0.833 bits per heavy atom. The number of hydrogen-bond acceptors (Lipinski definition) is 8. The molecule has 4 amide bonds. The lowest BCUT2D eigenvalue weighted by atomic mass is 9.99. The van der Waals surface area contributed by atoms with E-state index in [0.29, 0.717) is 65.4 Å². The SMILES string of the molecule is CCCCCCCCCCCCCCCCCC(=O)N(CCCN(CC)CC)C(C(=O)NCCOCCOCCNC(=O)C(C(C)C)N(CCCN(CC)CC)C(=O)CCCCCCCCCCCCCCCCC)C(C)C. The van der Waals surface area contributed by atoms with Crippen LogP contribution in [0.5, 0.6) is 0 Å². The number of amides is 4. The van der Waals surface area contributed by atoms with Gasteiger partial charge < -0.3 is 39.7 Å². The van der Waals surface area contributed by atoms with Gasteiger partial charge >= 0.3 is 0 Å². The molecule has 0 radical (unpaired) electrons. The highest BCUT2D eigenvalue weighted by molar-refractivity contribution is 5.88. The summed E-state index contributed by atoms with van der Waals surface area (Å²) in [4.78, 5) is 63.8. The van der Waals surface area contributed by atoms with Crippen molar-refractivity contribution in [2.75, 3.05) is 91.9 Å². The highest BCUT2D eigenvalue weighted by Crippen LogP contribution is 2.20. The van der Waals surface area contributed by atoms with E-state index in [2.05, 4.69) is 62.0 Å². The molecule has 0 fully saturated rings. The molecule has 2 N–H and O–H groups in total. The van der Waals surface area contributed by atoms with Crippen LogP contribution in [0.3, 0.4) is 0 Å². The second-order valence-electron chi connectivity index (χ2n) is 23.5. The van der Waals surface area contributed by atoms with Crippen LogP contribution in [0.1, 0.15) is 288 Å². The van der Waals surface area contributed by atoms with E-state index in [0.717, 1.165) is 77.8 Å². The number of ether oxygens (including phenoxy) is 2. The first-order valence-corrected chi connectivity index (χ1v) is 33.7. The van der Waals surface area contributed by atoms with E-state index < -0.39 is 12.1 Å². The zero-order valence-electron chi connectivity index (χ0n) is 53.5. The monoisotopic (exact) mass is 1110 g/mol. The van der Waals surface area contributed by atoms with Gasteiger partial charge in [-0.15, -0.1) is 0 Å². The van der Waals surface area contributed by atoms with Crippen molar-refractivity contribution in [2.24, 2.45) is 11.8 Å². The standard InChI is InChI=1S/C66H132N6O6/c1-11-17-19-21-23-25-27-29-31-33-35-37-39-41-43-47-61(73)71(53-45-51-69(13-3)14-4)63(59(7)8)65(75)67-49-55-77-57-58-78-56-50-68-66(76)64(60(9)10)72(54-46-52-70(15-5)16-6)62(74)48-44-42-40-38-36-34-32-30-28-26-24-22-20-18-12-2/h59-60,63-64H,11-58H2,1-10H3,(H,67,75)(H,68,76). The van der Waals surface area contributed by atoms with Gasteiger partial charge in [0, 0.05) is 39.0 Å². The first-order valence-electron chi connectivity index (χ1n) is 33.7. The van der Waals surface area contributed by atoms with Crippen LogP contribution < -0.4 is 10.6 Å². The summed E-state index contributed by atoms with van der Waals surface area (Å²) in [6, 6.07) is -1.06. The third kappa shape index (κ3) is 41.7. The van der Waals surface area contributed by atoms with Gasteiger partial charge in [0.2, 0.25) is 23.6 Å². The molecule has 0 bridgehead atoms. The van der Waals surface area contributed by atoms with Gasteiger partial charge in [0.25, 0.3) is 0 Å². The lowest BCUT2D eigenvalue weighted by molar-refractivity contribution is -0.142. The highest BCUT2D eigenvalue weighted by Gasteiger charge is 2.33. The molecule has 0 aliphatic rings. The predicted octanol–water partition coefficient (Wildman–Crippen LogP) is 14.9. The van der Waals surface area contributed by atoms with Crippen molar-refractivity contribution in [2.45, 2.75) is 300 Å². The molecule has 0 saturated heterocycles. The molecule has 0 aliphatic carbocycles. The van der Waals surface area contributed by atoms with E-state index in [1.165, 1.54) is 167 Å². The maximum absolute atomic E-state index is 13.9. The van der Waals surface area contributed by atoms with Crippen molar-refractivity contribution in [1.29, 1.82) is 0 Å². The lowest BCUT2D eigenvalue weighted by Gasteiger charge is -2.34. The third-order valence-corrected chi connectivity index (χ3v) is 16.1. The molecule has 12 heteroatoms. The second kappa shape index (κ2) is 55.3. The highest BCUT2D eigenvalue weighted by atomic mass is 16.5. The van der Waals surface area contributed by atoms with Crippen LogP contribution in [0.4, 0.5) is 0 Å². The average Bonchev–Trinajstić information content (AvgIpc) is 3.43. The Hall–Kier alpha value is -2.28. The van der Waals surface area contributed by atoms with Gasteiger partial charge in [-0.05, 0) is 76.8 Å². The quantitative estimate of drug-likeness (QED) is 0.0577. The van der Waals surface area contributed by atoms with Crippen molar-refractivity contribution >= 4 is 23.6 Å². The average molecular weight is 1110 g/mol. The van der Waals surface area contributed by atoms with Crippen molar-refractivity contribution in [3.63, 3.8) is 0 Å².